The van der Waals surface area contributed by atoms with Crippen molar-refractivity contribution in [3.8, 4) is 5.75 Å². The molecule has 352 valence electrons. The van der Waals surface area contributed by atoms with Gasteiger partial charge in [0.2, 0.25) is 41.4 Å². The minimum absolute atomic E-state index is 0.0251. The summed E-state index contributed by atoms with van der Waals surface area (Å²) >= 11 is 0. The highest BCUT2D eigenvalue weighted by molar-refractivity contribution is 5.97. The van der Waals surface area contributed by atoms with Crippen LogP contribution in [0.2, 0.25) is 0 Å². The zero-order valence-electron chi connectivity index (χ0n) is 37.1. The van der Waals surface area contributed by atoms with Gasteiger partial charge in [0.1, 0.15) is 42.0 Å². The van der Waals surface area contributed by atoms with Crippen LogP contribution in [0.4, 0.5) is 0 Å². The van der Waals surface area contributed by atoms with Gasteiger partial charge in [-0.3, -0.25) is 44.4 Å². The summed E-state index contributed by atoms with van der Waals surface area (Å²) in [5.41, 5.74) is 23.0. The van der Waals surface area contributed by atoms with E-state index in [1.165, 1.54) is 24.0 Å². The van der Waals surface area contributed by atoms with E-state index >= 15 is 0 Å². The molecule has 1 aliphatic rings. The number of nitrogens with zero attached hydrogens (tertiary/aromatic N) is 1. The van der Waals surface area contributed by atoms with E-state index in [1.807, 2.05) is 13.8 Å². The molecule has 1 saturated heterocycles. The van der Waals surface area contributed by atoms with Crippen molar-refractivity contribution in [1.82, 2.24) is 42.1 Å². The Labute approximate surface area is 368 Å². The topological polar surface area (TPSA) is 379 Å². The highest BCUT2D eigenvalue weighted by atomic mass is 16.3. The van der Waals surface area contributed by atoms with E-state index in [4.69, 9.17) is 33.8 Å². The number of guanidine groups is 2. The molecule has 1 heterocycles. The van der Waals surface area contributed by atoms with Crippen LogP contribution in [0.25, 0.3) is 0 Å². The zero-order chi connectivity index (χ0) is 47.4. The van der Waals surface area contributed by atoms with Gasteiger partial charge in [-0.05, 0) is 87.8 Å². The van der Waals surface area contributed by atoms with Crippen molar-refractivity contribution in [3.05, 3.63) is 29.8 Å². The lowest BCUT2D eigenvalue weighted by Gasteiger charge is -2.30. The van der Waals surface area contributed by atoms with Crippen LogP contribution < -0.4 is 60.2 Å². The highest BCUT2D eigenvalue weighted by Gasteiger charge is 2.38. The second-order valence-corrected chi connectivity index (χ2v) is 16.6. The van der Waals surface area contributed by atoms with Gasteiger partial charge < -0.3 is 70.2 Å². The quantitative estimate of drug-likeness (QED) is 0.0267. The third-order valence-corrected chi connectivity index (χ3v) is 10.5. The fourth-order valence-electron chi connectivity index (χ4n) is 6.84. The molecule has 1 aliphatic heterocycles. The molecule has 0 aromatic heterocycles. The van der Waals surface area contributed by atoms with Crippen molar-refractivity contribution in [1.29, 1.82) is 10.8 Å². The minimum Gasteiger partial charge on any atom is -0.508 e. The van der Waals surface area contributed by atoms with Crippen LogP contribution in [-0.4, -0.2) is 125 Å². The number of phenolic OH excluding ortho intramolecular Hbond substituents is 1. The van der Waals surface area contributed by atoms with Gasteiger partial charge in [0.15, 0.2) is 11.9 Å². The number of hydrogen-bond donors (Lipinski definition) is 14. The molecule has 63 heavy (non-hydrogen) atoms. The van der Waals surface area contributed by atoms with E-state index in [9.17, 15) is 38.7 Å². The van der Waals surface area contributed by atoms with Gasteiger partial charge in [-0.25, -0.2) is 0 Å². The van der Waals surface area contributed by atoms with Gasteiger partial charge >= 0.3 is 0 Å². The van der Waals surface area contributed by atoms with Crippen LogP contribution in [0, 0.1) is 22.7 Å². The number of nitrogens with two attached hydrogens (primary N) is 4. The summed E-state index contributed by atoms with van der Waals surface area (Å²) in [7, 11) is 0. The molecule has 1 fully saturated rings. The molecule has 0 bridgehead atoms. The van der Waals surface area contributed by atoms with Crippen LogP contribution in [0.5, 0.6) is 5.75 Å². The van der Waals surface area contributed by atoms with Gasteiger partial charge in [0.25, 0.3) is 0 Å². The number of carbonyl (C=O) groups excluding carboxylic acids is 7. The molecule has 22 nitrogen and oxygen atoms in total. The summed E-state index contributed by atoms with van der Waals surface area (Å²) in [6.45, 7) is 9.49. The molecule has 0 saturated carbocycles. The summed E-state index contributed by atoms with van der Waals surface area (Å²) in [5.74, 6) is -5.47. The maximum absolute atomic E-state index is 14.1. The van der Waals surface area contributed by atoms with Gasteiger partial charge in [0, 0.05) is 26.1 Å². The monoisotopic (exact) mass is 887 g/mol. The fraction of sp³-hybridized carbons (Fsp3) is 0.634. The SMILES string of the molecule is CC(C)CCC(NC(=O)C(C)NC(=O)C(Cc1ccc(O)cc1)NC(=O)C(NC(=O)C(CCCNC(=N)N)NC(=O)C1CCCN1C(=O)C(N)CCCNC(=N)N)C(C)C)C(N)=O. The van der Waals surface area contributed by atoms with E-state index < -0.39 is 89.6 Å². The number of phenols is 1. The Bertz CT molecular complexity index is 1740. The van der Waals surface area contributed by atoms with E-state index in [2.05, 4.69) is 37.2 Å². The third-order valence-electron chi connectivity index (χ3n) is 10.5. The lowest BCUT2D eigenvalue weighted by molar-refractivity contribution is -0.140. The average Bonchev–Trinajstić information content (AvgIpc) is 3.71. The number of nitrogens with one attached hydrogen (secondary N) is 9. The van der Waals surface area contributed by atoms with E-state index in [0.29, 0.717) is 44.2 Å². The summed E-state index contributed by atoms with van der Waals surface area (Å²) in [6.07, 6.45) is 2.72. The molecule has 2 rings (SSSR count). The Morgan fingerprint density at radius 1 is 0.714 bits per heavy atom. The van der Waals surface area contributed by atoms with Crippen LogP contribution in [-0.2, 0) is 40.0 Å². The predicted molar refractivity (Wildman–Crippen MR) is 236 cm³/mol. The van der Waals surface area contributed by atoms with E-state index in [0.717, 1.165) is 0 Å². The fourth-order valence-corrected chi connectivity index (χ4v) is 6.84. The molecule has 1 aromatic carbocycles. The van der Waals surface area contributed by atoms with Crippen LogP contribution in [0.1, 0.15) is 91.5 Å². The van der Waals surface area contributed by atoms with Gasteiger partial charge in [-0.2, -0.15) is 0 Å². The minimum atomic E-state index is -1.29. The van der Waals surface area contributed by atoms with Crippen LogP contribution in [0.15, 0.2) is 24.3 Å². The number of aromatic hydroxyl groups is 1. The maximum atomic E-state index is 14.1. The molecule has 22 heteroatoms. The predicted octanol–water partition coefficient (Wildman–Crippen LogP) is -2.20. The van der Waals surface area contributed by atoms with Crippen molar-refractivity contribution in [2.45, 2.75) is 135 Å². The van der Waals surface area contributed by atoms with Crippen molar-refractivity contribution >= 4 is 53.3 Å². The van der Waals surface area contributed by atoms with Crippen molar-refractivity contribution in [2.75, 3.05) is 19.6 Å². The normalized spacial score (nSPS) is 16.4. The number of hydrogen-bond acceptors (Lipinski definition) is 11. The second kappa shape index (κ2) is 26.3. The Balaban J connectivity index is 2.29. The molecule has 7 unspecified atom stereocenters. The molecule has 18 N–H and O–H groups in total. The first-order valence-electron chi connectivity index (χ1n) is 21.4. The smallest absolute Gasteiger partial charge is 0.243 e. The lowest BCUT2D eigenvalue weighted by Crippen LogP contribution is -2.60. The van der Waals surface area contributed by atoms with Gasteiger partial charge in [-0.1, -0.05) is 39.8 Å². The average molecular weight is 887 g/mol. The molecule has 0 aliphatic carbocycles. The van der Waals surface area contributed by atoms with Gasteiger partial charge in [-0.15, -0.1) is 0 Å². The summed E-state index contributed by atoms with van der Waals surface area (Å²) < 4.78 is 0. The molecular formula is C41H70N14O8. The van der Waals surface area contributed by atoms with Crippen molar-refractivity contribution in [2.24, 2.45) is 34.8 Å². The Morgan fingerprint density at radius 3 is 1.84 bits per heavy atom. The number of benzene rings is 1. The Kier molecular flexibility index (Phi) is 22.1. The zero-order valence-corrected chi connectivity index (χ0v) is 37.1. The second-order valence-electron chi connectivity index (χ2n) is 16.6. The Hall–Kier alpha value is -6.19. The molecule has 0 spiro atoms. The molecule has 0 radical (unpaired) electrons. The van der Waals surface area contributed by atoms with Crippen LogP contribution >= 0.6 is 0 Å². The van der Waals surface area contributed by atoms with Crippen LogP contribution in [0.3, 0.4) is 0 Å². The summed E-state index contributed by atoms with van der Waals surface area (Å²) in [6, 6.07) is -1.75. The summed E-state index contributed by atoms with van der Waals surface area (Å²) in [4.78, 5) is 95.6. The highest BCUT2D eigenvalue weighted by Crippen LogP contribution is 2.20. The third kappa shape index (κ3) is 18.8. The Morgan fingerprint density at radius 2 is 1.29 bits per heavy atom. The molecule has 1 aromatic rings. The first kappa shape index (κ1) is 52.9. The molecule has 7 amide bonds. The molecular weight excluding hydrogens is 817 g/mol. The van der Waals surface area contributed by atoms with Crippen molar-refractivity contribution in [3.63, 3.8) is 0 Å². The number of likely N-dealkylation sites (tertiary alicyclic amines) is 1. The van der Waals surface area contributed by atoms with E-state index in [-0.39, 0.29) is 62.4 Å². The summed E-state index contributed by atoms with van der Waals surface area (Å²) in [5, 5.41) is 43.2. The van der Waals surface area contributed by atoms with Gasteiger partial charge in [0.05, 0.1) is 6.04 Å². The first-order chi connectivity index (χ1) is 29.6. The number of rotatable bonds is 26. The largest absolute Gasteiger partial charge is 0.508 e. The van der Waals surface area contributed by atoms with E-state index in [1.54, 1.807) is 26.0 Å². The standard InChI is InChI=1S/C41H70N14O8/c1-22(2)12-17-28(33(43)57)51-34(58)24(5)50-36(60)30(21-25-13-15-26(56)16-14-25)53-38(62)32(23(3)4)54-35(59)29(10-7-19-49-41(46)47)52-37(61)31-11-8-20-55(31)39(63)27(42)9-6-18-48-40(44)45/h13-16,22-24,27-32,56H,6-12,17-21,42H2,1-5H3,(H2,43,57)(H,50,60)(H,51,58)(H,52,61)(H,53,62)(H,54,59)(H4,44,45,48)(H4,46,47,49). The maximum Gasteiger partial charge on any atom is 0.243 e. The number of amides is 7. The number of primary amides is 1. The lowest BCUT2D eigenvalue weighted by atomic mass is 9.99. The molecule has 7 atom stereocenters. The number of carbonyl (C=O) groups is 7. The first-order valence-corrected chi connectivity index (χ1v) is 21.4. The van der Waals surface area contributed by atoms with Crippen molar-refractivity contribution < 1.29 is 38.7 Å².